The number of hydrogen-bond acceptors (Lipinski definition) is 3. The first-order chi connectivity index (χ1) is 16.5. The van der Waals surface area contributed by atoms with E-state index in [1.165, 1.54) is 30.4 Å². The van der Waals surface area contributed by atoms with Crippen LogP contribution in [0.15, 0.2) is 54.6 Å². The lowest BCUT2D eigenvalue weighted by Crippen LogP contribution is -2.34. The van der Waals surface area contributed by atoms with Crippen LogP contribution in [0.4, 0.5) is 0 Å². The van der Waals surface area contributed by atoms with Crippen LogP contribution in [0.3, 0.4) is 0 Å². The molecule has 0 saturated heterocycles. The van der Waals surface area contributed by atoms with Crippen LogP contribution in [-0.2, 0) is 11.2 Å². The van der Waals surface area contributed by atoms with Gasteiger partial charge in [0.25, 0.3) is 0 Å². The maximum atomic E-state index is 11.9. The molecule has 0 heterocycles. The van der Waals surface area contributed by atoms with Crippen LogP contribution in [0.25, 0.3) is 0 Å². The Morgan fingerprint density at radius 1 is 0.971 bits per heavy atom. The predicted octanol–water partition coefficient (Wildman–Crippen LogP) is 7.26. The van der Waals surface area contributed by atoms with E-state index in [1.807, 2.05) is 30.3 Å². The van der Waals surface area contributed by atoms with Gasteiger partial charge in [0, 0.05) is 25.3 Å². The molecule has 1 aliphatic carbocycles. The number of amides is 1. The van der Waals surface area contributed by atoms with Crippen molar-refractivity contribution in [2.75, 3.05) is 7.11 Å². The van der Waals surface area contributed by atoms with Gasteiger partial charge in [-0.1, -0.05) is 99.7 Å². The molecule has 1 unspecified atom stereocenters. The summed E-state index contributed by atoms with van der Waals surface area (Å²) in [6.07, 6.45) is 11.3. The van der Waals surface area contributed by atoms with Crippen LogP contribution in [0, 0.1) is 12.3 Å². The van der Waals surface area contributed by atoms with Gasteiger partial charge < -0.3 is 15.8 Å². The van der Waals surface area contributed by atoms with Crippen molar-refractivity contribution in [1.29, 1.82) is 5.41 Å². The maximum Gasteiger partial charge on any atom is 0.220 e. The van der Waals surface area contributed by atoms with E-state index < -0.39 is 0 Å². The van der Waals surface area contributed by atoms with Gasteiger partial charge >= 0.3 is 0 Å². The molecule has 0 spiro atoms. The Balaban J connectivity index is 0.000000733. The van der Waals surface area contributed by atoms with Gasteiger partial charge in [0.15, 0.2) is 0 Å². The summed E-state index contributed by atoms with van der Waals surface area (Å²) in [4.78, 5) is 11.9. The van der Waals surface area contributed by atoms with Crippen molar-refractivity contribution in [2.24, 2.45) is 0 Å². The van der Waals surface area contributed by atoms with E-state index >= 15 is 0 Å². The lowest BCUT2D eigenvalue weighted by atomic mass is 10.0. The number of nitrogens with one attached hydrogen (secondary N) is 2. The summed E-state index contributed by atoms with van der Waals surface area (Å²) < 4.78 is 0. The zero-order chi connectivity index (χ0) is 25.6. The minimum Gasteiger partial charge on any atom is -0.400 e. The summed E-state index contributed by atoms with van der Waals surface area (Å²) >= 11 is 0. The molecule has 1 fully saturated rings. The molecule has 1 atom stereocenters. The maximum absolute atomic E-state index is 11.9. The van der Waals surface area contributed by atoms with Crippen molar-refractivity contribution in [3.8, 4) is 0 Å². The number of aryl methyl sites for hydroxylation is 2. The molecule has 0 aliphatic heterocycles. The highest BCUT2D eigenvalue weighted by Crippen LogP contribution is 2.15. The molecular formula is C30H48N2O2. The van der Waals surface area contributed by atoms with E-state index in [1.54, 1.807) is 6.92 Å². The van der Waals surface area contributed by atoms with Gasteiger partial charge in [-0.05, 0) is 57.1 Å². The Morgan fingerprint density at radius 3 is 1.97 bits per heavy atom. The third-order valence-corrected chi connectivity index (χ3v) is 5.30. The lowest BCUT2D eigenvalue weighted by Gasteiger charge is -2.15. The topological polar surface area (TPSA) is 73.2 Å². The first-order valence-electron chi connectivity index (χ1n) is 12.9. The molecule has 3 rings (SSSR count). The van der Waals surface area contributed by atoms with E-state index in [-0.39, 0.29) is 5.91 Å². The number of rotatable bonds is 10. The Labute approximate surface area is 208 Å². The van der Waals surface area contributed by atoms with Crippen molar-refractivity contribution in [2.45, 2.75) is 97.9 Å². The number of carbonyl (C=O) groups is 1. The second-order valence-corrected chi connectivity index (χ2v) is 8.71. The molecule has 0 radical (unpaired) electrons. The molecule has 1 saturated carbocycles. The van der Waals surface area contributed by atoms with E-state index in [0.717, 1.165) is 51.2 Å². The molecule has 0 bridgehead atoms. The molecule has 4 heteroatoms. The fourth-order valence-electron chi connectivity index (χ4n) is 3.10. The fourth-order valence-corrected chi connectivity index (χ4v) is 3.10. The number of hydrogen-bond donors (Lipinski definition) is 3. The van der Waals surface area contributed by atoms with Crippen LogP contribution < -0.4 is 5.32 Å². The van der Waals surface area contributed by atoms with Crippen LogP contribution in [0.2, 0.25) is 0 Å². The third-order valence-electron chi connectivity index (χ3n) is 5.30. The van der Waals surface area contributed by atoms with Gasteiger partial charge in [0.05, 0.1) is 0 Å². The van der Waals surface area contributed by atoms with Gasteiger partial charge in [0.1, 0.15) is 0 Å². The van der Waals surface area contributed by atoms with Gasteiger partial charge in [-0.25, -0.2) is 0 Å². The molecule has 4 nitrogen and oxygen atoms in total. The molecule has 2 aromatic rings. The summed E-state index contributed by atoms with van der Waals surface area (Å²) in [5.74, 6) is 0.190. The lowest BCUT2D eigenvalue weighted by molar-refractivity contribution is -0.122. The molecule has 0 aromatic heterocycles. The number of unbranched alkanes of at least 4 members (excludes halogenated alkanes) is 1. The Bertz CT molecular complexity index is 752. The van der Waals surface area contributed by atoms with Crippen molar-refractivity contribution in [1.82, 2.24) is 5.32 Å². The quantitative estimate of drug-likeness (QED) is 0.254. The highest BCUT2D eigenvalue weighted by atomic mass is 16.2. The van der Waals surface area contributed by atoms with Crippen molar-refractivity contribution in [3.63, 3.8) is 0 Å². The largest absolute Gasteiger partial charge is 0.400 e. The summed E-state index contributed by atoms with van der Waals surface area (Å²) in [5, 5.41) is 17.7. The van der Waals surface area contributed by atoms with Crippen LogP contribution in [-0.4, -0.2) is 29.9 Å². The van der Waals surface area contributed by atoms with Gasteiger partial charge in [-0.2, -0.15) is 0 Å². The van der Waals surface area contributed by atoms with Crippen molar-refractivity contribution in [3.05, 3.63) is 71.3 Å². The zero-order valence-corrected chi connectivity index (χ0v) is 22.2. The molecular weight excluding hydrogens is 420 g/mol. The summed E-state index contributed by atoms with van der Waals surface area (Å²) in [6.45, 7) is 8.16. The first kappa shape index (κ1) is 31.5. The monoisotopic (exact) mass is 468 g/mol. The van der Waals surface area contributed by atoms with Gasteiger partial charge in [0.2, 0.25) is 5.91 Å². The van der Waals surface area contributed by atoms with Crippen molar-refractivity contribution >= 4 is 11.6 Å². The molecule has 34 heavy (non-hydrogen) atoms. The molecule has 3 N–H and O–H groups in total. The Kier molecular flexibility index (Phi) is 19.6. The van der Waals surface area contributed by atoms with Crippen LogP contribution in [0.1, 0.15) is 95.2 Å². The minimum absolute atomic E-state index is 0.190. The number of benzene rings is 2. The van der Waals surface area contributed by atoms with E-state index in [2.05, 4.69) is 50.4 Å². The minimum atomic E-state index is 0.190. The molecule has 2 aromatic carbocycles. The number of aliphatic hydroxyl groups excluding tert-OH is 1. The SMILES string of the molecule is C1CC1.CCCC(CC)NC(=O)CCCCc1ccc(C(C)=N)cc1.CO.Cc1ccccc1. The summed E-state index contributed by atoms with van der Waals surface area (Å²) in [6, 6.07) is 18.8. The van der Waals surface area contributed by atoms with Crippen LogP contribution in [0.5, 0.6) is 0 Å². The smallest absolute Gasteiger partial charge is 0.220 e. The average molecular weight is 469 g/mol. The Morgan fingerprint density at radius 2 is 1.56 bits per heavy atom. The molecule has 1 aliphatic rings. The Hall–Kier alpha value is -2.46. The first-order valence-corrected chi connectivity index (χ1v) is 12.9. The zero-order valence-electron chi connectivity index (χ0n) is 22.2. The average Bonchev–Trinajstić information content (AvgIpc) is 3.74. The standard InChI is InChI=1S/C19H30N2O.C7H8.C3H6.CH4O/c1-4-8-18(5-2)21-19(22)10-7-6-9-16-11-13-17(14-12-16)15(3)20;1-7-5-3-2-4-6-7;1-2-3-1;1-2/h11-14,18,20H,4-10H2,1-3H3,(H,21,22);2-6H,1H3;1-3H2;2H,1H3. The number of carbonyl (C=O) groups excluding carboxylic acids is 1. The predicted molar refractivity (Wildman–Crippen MR) is 147 cm³/mol. The van der Waals surface area contributed by atoms with Crippen molar-refractivity contribution < 1.29 is 9.90 Å². The second kappa shape index (κ2) is 21.1. The number of aliphatic hydroxyl groups is 1. The van der Waals surface area contributed by atoms with E-state index in [0.29, 0.717) is 18.2 Å². The van der Waals surface area contributed by atoms with E-state index in [4.69, 9.17) is 10.5 Å². The van der Waals surface area contributed by atoms with E-state index in [9.17, 15) is 4.79 Å². The van der Waals surface area contributed by atoms with Crippen LogP contribution >= 0.6 is 0 Å². The normalized spacial score (nSPS) is 11.8. The second-order valence-electron chi connectivity index (χ2n) is 8.71. The molecule has 1 amide bonds. The highest BCUT2D eigenvalue weighted by Gasteiger charge is 2.08. The third kappa shape index (κ3) is 18.0. The fraction of sp³-hybridized carbons (Fsp3) is 0.533. The summed E-state index contributed by atoms with van der Waals surface area (Å²) in [5.41, 5.74) is 4.18. The van der Waals surface area contributed by atoms with Gasteiger partial charge in [-0.15, -0.1) is 0 Å². The molecule has 190 valence electrons. The van der Waals surface area contributed by atoms with Gasteiger partial charge in [-0.3, -0.25) is 4.79 Å². The summed E-state index contributed by atoms with van der Waals surface area (Å²) in [7, 11) is 1.00. The highest BCUT2D eigenvalue weighted by molar-refractivity contribution is 5.96.